The summed E-state index contributed by atoms with van der Waals surface area (Å²) >= 11 is 0. The van der Waals surface area contributed by atoms with E-state index >= 15 is 0 Å². The largest absolute Gasteiger partial charge is 0.350 e. The second-order valence-electron chi connectivity index (χ2n) is 4.15. The Morgan fingerprint density at radius 2 is 2.31 bits per heavy atom. The summed E-state index contributed by atoms with van der Waals surface area (Å²) in [6, 6.07) is 0. The summed E-state index contributed by atoms with van der Waals surface area (Å²) in [6.07, 6.45) is 4.00. The molecule has 16 heavy (non-hydrogen) atoms. The predicted octanol–water partition coefficient (Wildman–Crippen LogP) is 0.0107. The van der Waals surface area contributed by atoms with Crippen molar-refractivity contribution in [1.82, 2.24) is 20.6 Å². The van der Waals surface area contributed by atoms with Crippen molar-refractivity contribution in [1.29, 1.82) is 0 Å². The molecule has 1 aliphatic rings. The van der Waals surface area contributed by atoms with E-state index < -0.39 is 0 Å². The lowest BCUT2D eigenvalue weighted by molar-refractivity contribution is -0.122. The molecule has 2 N–H and O–H groups in total. The fraction of sp³-hybridized carbons (Fsp3) is 0.545. The minimum atomic E-state index is 0.0916. The zero-order valence-corrected chi connectivity index (χ0v) is 9.36. The van der Waals surface area contributed by atoms with E-state index in [0.29, 0.717) is 18.9 Å². The van der Waals surface area contributed by atoms with Gasteiger partial charge in [0.05, 0.1) is 24.1 Å². The molecular weight excluding hydrogens is 204 g/mol. The first-order valence-corrected chi connectivity index (χ1v) is 5.49. The number of hydrogen-bond donors (Lipinski definition) is 2. The number of carbonyl (C=O) groups excluding carboxylic acids is 1. The first kappa shape index (κ1) is 11.0. The Bertz CT molecular complexity index is 359. The van der Waals surface area contributed by atoms with Crippen molar-refractivity contribution in [3.05, 3.63) is 23.8 Å². The van der Waals surface area contributed by atoms with Crippen LogP contribution < -0.4 is 10.6 Å². The Balaban J connectivity index is 1.73. The quantitative estimate of drug-likeness (QED) is 0.750. The highest BCUT2D eigenvalue weighted by Crippen LogP contribution is 2.07. The molecular formula is C11H16N4O. The lowest BCUT2D eigenvalue weighted by Gasteiger charge is -2.26. The zero-order chi connectivity index (χ0) is 11.4. The summed E-state index contributed by atoms with van der Waals surface area (Å²) in [6.45, 7) is 4.26. The van der Waals surface area contributed by atoms with Crippen LogP contribution in [0.5, 0.6) is 0 Å². The van der Waals surface area contributed by atoms with Gasteiger partial charge >= 0.3 is 0 Å². The molecule has 1 amide bonds. The molecule has 0 spiro atoms. The molecule has 86 valence electrons. The molecule has 5 nitrogen and oxygen atoms in total. The van der Waals surface area contributed by atoms with Gasteiger partial charge in [-0.25, -0.2) is 0 Å². The summed E-state index contributed by atoms with van der Waals surface area (Å²) in [5.74, 6) is 0.595. The number of carbonyl (C=O) groups is 1. The van der Waals surface area contributed by atoms with Gasteiger partial charge in [0.2, 0.25) is 5.91 Å². The van der Waals surface area contributed by atoms with Crippen LogP contribution in [0, 0.1) is 12.8 Å². The van der Waals surface area contributed by atoms with E-state index in [0.717, 1.165) is 24.5 Å². The number of aryl methyl sites for hydroxylation is 1. The van der Waals surface area contributed by atoms with Gasteiger partial charge in [0.1, 0.15) is 0 Å². The van der Waals surface area contributed by atoms with Gasteiger partial charge in [-0.1, -0.05) is 0 Å². The van der Waals surface area contributed by atoms with Crippen LogP contribution in [0.15, 0.2) is 12.4 Å². The number of amides is 1. The molecule has 0 saturated carbocycles. The average Bonchev–Trinajstić information content (AvgIpc) is 2.23. The SMILES string of the molecule is Cc1cnc(CNC(=O)CC2CNC2)cn1. The van der Waals surface area contributed by atoms with E-state index in [-0.39, 0.29) is 5.91 Å². The van der Waals surface area contributed by atoms with Crippen molar-refractivity contribution in [2.24, 2.45) is 5.92 Å². The van der Waals surface area contributed by atoms with Crippen molar-refractivity contribution in [2.75, 3.05) is 13.1 Å². The van der Waals surface area contributed by atoms with Crippen molar-refractivity contribution in [3.63, 3.8) is 0 Å². The van der Waals surface area contributed by atoms with Crippen LogP contribution in [0.3, 0.4) is 0 Å². The van der Waals surface area contributed by atoms with Gasteiger partial charge in [-0.2, -0.15) is 0 Å². The molecule has 0 atom stereocenters. The third-order valence-corrected chi connectivity index (χ3v) is 2.64. The lowest BCUT2D eigenvalue weighted by atomic mass is 9.99. The number of nitrogens with zero attached hydrogens (tertiary/aromatic N) is 2. The molecule has 5 heteroatoms. The summed E-state index contributed by atoms with van der Waals surface area (Å²) in [5.41, 5.74) is 1.68. The third kappa shape index (κ3) is 3.00. The van der Waals surface area contributed by atoms with Gasteiger partial charge in [0, 0.05) is 12.6 Å². The van der Waals surface area contributed by atoms with Gasteiger partial charge in [-0.05, 0) is 25.9 Å². The Morgan fingerprint density at radius 1 is 1.50 bits per heavy atom. The summed E-state index contributed by atoms with van der Waals surface area (Å²) in [5, 5.41) is 5.99. The van der Waals surface area contributed by atoms with Crippen molar-refractivity contribution >= 4 is 5.91 Å². The number of nitrogens with one attached hydrogen (secondary N) is 2. The van der Waals surface area contributed by atoms with Crippen LogP contribution in [0.4, 0.5) is 0 Å². The second-order valence-corrected chi connectivity index (χ2v) is 4.15. The highest BCUT2D eigenvalue weighted by Gasteiger charge is 2.19. The van der Waals surface area contributed by atoms with E-state index in [1.165, 1.54) is 0 Å². The molecule has 1 aromatic heterocycles. The first-order chi connectivity index (χ1) is 7.74. The molecule has 2 rings (SSSR count). The highest BCUT2D eigenvalue weighted by atomic mass is 16.1. The molecule has 0 aromatic carbocycles. The van der Waals surface area contributed by atoms with E-state index in [2.05, 4.69) is 20.6 Å². The highest BCUT2D eigenvalue weighted by molar-refractivity contribution is 5.76. The second kappa shape index (κ2) is 5.03. The number of aromatic nitrogens is 2. The van der Waals surface area contributed by atoms with Gasteiger partial charge in [-0.3, -0.25) is 14.8 Å². The van der Waals surface area contributed by atoms with E-state index in [1.807, 2.05) is 6.92 Å². The third-order valence-electron chi connectivity index (χ3n) is 2.64. The van der Waals surface area contributed by atoms with Crippen molar-refractivity contribution in [3.8, 4) is 0 Å². The fourth-order valence-electron chi connectivity index (χ4n) is 1.53. The molecule has 1 aromatic rings. The van der Waals surface area contributed by atoms with Crippen LogP contribution in [0.1, 0.15) is 17.8 Å². The van der Waals surface area contributed by atoms with Crippen LogP contribution in [0.25, 0.3) is 0 Å². The maximum Gasteiger partial charge on any atom is 0.220 e. The van der Waals surface area contributed by atoms with Gasteiger partial charge in [0.25, 0.3) is 0 Å². The summed E-state index contributed by atoms with van der Waals surface area (Å²) in [4.78, 5) is 19.8. The normalized spacial score (nSPS) is 15.6. The van der Waals surface area contributed by atoms with Gasteiger partial charge in [0.15, 0.2) is 0 Å². The minimum absolute atomic E-state index is 0.0916. The average molecular weight is 220 g/mol. The monoisotopic (exact) mass is 220 g/mol. The number of rotatable bonds is 4. The van der Waals surface area contributed by atoms with E-state index in [1.54, 1.807) is 12.4 Å². The van der Waals surface area contributed by atoms with E-state index in [4.69, 9.17) is 0 Å². The standard InChI is InChI=1S/C11H16N4O/c1-8-3-14-10(6-13-8)7-15-11(16)2-9-4-12-5-9/h3,6,9,12H,2,4-5,7H2,1H3,(H,15,16). The predicted molar refractivity (Wildman–Crippen MR) is 59.6 cm³/mol. The fourth-order valence-corrected chi connectivity index (χ4v) is 1.53. The maximum atomic E-state index is 11.5. The maximum absolute atomic E-state index is 11.5. The molecule has 2 heterocycles. The lowest BCUT2D eigenvalue weighted by Crippen LogP contribution is -2.44. The first-order valence-electron chi connectivity index (χ1n) is 5.49. The molecule has 1 fully saturated rings. The van der Waals surface area contributed by atoms with Crippen molar-refractivity contribution in [2.45, 2.75) is 19.9 Å². The van der Waals surface area contributed by atoms with Gasteiger partial charge in [-0.15, -0.1) is 0 Å². The topological polar surface area (TPSA) is 66.9 Å². The Kier molecular flexibility index (Phi) is 3.46. The smallest absolute Gasteiger partial charge is 0.220 e. The molecule has 0 aliphatic carbocycles. The molecule has 1 saturated heterocycles. The van der Waals surface area contributed by atoms with Crippen molar-refractivity contribution < 1.29 is 4.79 Å². The minimum Gasteiger partial charge on any atom is -0.350 e. The molecule has 0 radical (unpaired) electrons. The Morgan fingerprint density at radius 3 is 2.88 bits per heavy atom. The Labute approximate surface area is 94.7 Å². The van der Waals surface area contributed by atoms with Crippen LogP contribution in [-0.4, -0.2) is 29.0 Å². The van der Waals surface area contributed by atoms with Crippen LogP contribution >= 0.6 is 0 Å². The Hall–Kier alpha value is -1.49. The van der Waals surface area contributed by atoms with Crippen LogP contribution in [-0.2, 0) is 11.3 Å². The summed E-state index contributed by atoms with van der Waals surface area (Å²) < 4.78 is 0. The van der Waals surface area contributed by atoms with E-state index in [9.17, 15) is 4.79 Å². The van der Waals surface area contributed by atoms with Crippen LogP contribution in [0.2, 0.25) is 0 Å². The summed E-state index contributed by atoms with van der Waals surface area (Å²) in [7, 11) is 0. The van der Waals surface area contributed by atoms with Gasteiger partial charge < -0.3 is 10.6 Å². The number of hydrogen-bond acceptors (Lipinski definition) is 4. The molecule has 0 bridgehead atoms. The molecule has 1 aliphatic heterocycles. The molecule has 0 unspecified atom stereocenters. The zero-order valence-electron chi connectivity index (χ0n) is 9.36.